The normalized spacial score (nSPS) is 23.4. The topological polar surface area (TPSA) is 19.0 Å². The van der Waals surface area contributed by atoms with Gasteiger partial charge in [-0.25, -0.2) is 0 Å². The molecule has 2 heterocycles. The Balaban J connectivity index is 1.64. The average Bonchev–Trinajstić information content (AvgIpc) is 3.01. The molecule has 2 aliphatic rings. The third-order valence-electron chi connectivity index (χ3n) is 5.95. The van der Waals surface area contributed by atoms with E-state index in [4.69, 9.17) is 4.74 Å². The highest BCUT2D eigenvalue weighted by atomic mass is 16.5. The van der Waals surface area contributed by atoms with E-state index < -0.39 is 0 Å². The van der Waals surface area contributed by atoms with E-state index in [9.17, 15) is 0 Å². The number of rotatable bonds is 6. The molecule has 0 N–H and O–H groups in total. The Hall–Kier alpha value is -0.940. The van der Waals surface area contributed by atoms with Gasteiger partial charge in [-0.05, 0) is 62.0 Å². The molecule has 0 bridgehead atoms. The first-order chi connectivity index (χ1) is 12.0. The van der Waals surface area contributed by atoms with E-state index in [1.165, 1.54) is 67.9 Å². The second-order valence-electron chi connectivity index (χ2n) is 8.13. The Morgan fingerprint density at radius 3 is 2.20 bits per heavy atom. The van der Waals surface area contributed by atoms with E-state index in [1.54, 1.807) is 0 Å². The van der Waals surface area contributed by atoms with Crippen LogP contribution in [0.2, 0.25) is 0 Å². The molecule has 0 aliphatic carbocycles. The van der Waals surface area contributed by atoms with Crippen LogP contribution in [0.4, 0.5) is 0 Å². The zero-order chi connectivity index (χ0) is 17.8. The van der Waals surface area contributed by atoms with Gasteiger partial charge in [-0.3, -0.25) is 9.80 Å². The second kappa shape index (κ2) is 8.63. The molecule has 0 unspecified atom stereocenters. The Morgan fingerprint density at radius 1 is 0.920 bits per heavy atom. The minimum Gasteiger partial charge on any atom is -0.384 e. The second-order valence-corrected chi connectivity index (χ2v) is 8.13. The number of hydrogen-bond donors (Lipinski definition) is 0. The third kappa shape index (κ3) is 5.04. The van der Waals surface area contributed by atoms with Crippen LogP contribution in [-0.2, 0) is 17.8 Å². The van der Waals surface area contributed by atoms with Crippen molar-refractivity contribution < 1.29 is 4.74 Å². The van der Waals surface area contributed by atoms with Crippen LogP contribution in [0.3, 0.4) is 0 Å². The van der Waals surface area contributed by atoms with Crippen LogP contribution in [0.5, 0.6) is 0 Å². The van der Waals surface area contributed by atoms with Crippen molar-refractivity contribution >= 4 is 0 Å². The molecule has 0 amide bonds. The van der Waals surface area contributed by atoms with E-state index in [1.807, 2.05) is 7.11 Å². The first kappa shape index (κ1) is 18.8. The summed E-state index contributed by atoms with van der Waals surface area (Å²) in [5, 5.41) is 0. The van der Waals surface area contributed by atoms with Crippen LogP contribution in [-0.4, -0.2) is 74.7 Å². The predicted octanol–water partition coefficient (Wildman–Crippen LogP) is 2.52. The number of hydrogen-bond acceptors (Lipinski definition) is 4. The maximum Gasteiger partial charge on any atom is 0.0503 e. The molecule has 1 atom stereocenters. The van der Waals surface area contributed by atoms with Gasteiger partial charge in [0, 0.05) is 52.9 Å². The lowest BCUT2D eigenvalue weighted by molar-refractivity contribution is 0.148. The molecule has 140 valence electrons. The van der Waals surface area contributed by atoms with E-state index in [2.05, 4.69) is 47.7 Å². The molecule has 0 aromatic heterocycles. The molecule has 0 radical (unpaired) electrons. The number of methoxy groups -OCH3 is 1. The van der Waals surface area contributed by atoms with E-state index in [0.717, 1.165) is 19.7 Å². The van der Waals surface area contributed by atoms with E-state index >= 15 is 0 Å². The smallest absolute Gasteiger partial charge is 0.0503 e. The predicted molar refractivity (Wildman–Crippen MR) is 104 cm³/mol. The first-order valence-electron chi connectivity index (χ1n) is 9.76. The van der Waals surface area contributed by atoms with Crippen molar-refractivity contribution in [2.75, 3.05) is 60.0 Å². The first-order valence-corrected chi connectivity index (χ1v) is 9.76. The highest BCUT2D eigenvalue weighted by molar-refractivity contribution is 5.37. The molecule has 4 heteroatoms. The van der Waals surface area contributed by atoms with Gasteiger partial charge >= 0.3 is 0 Å². The summed E-state index contributed by atoms with van der Waals surface area (Å²) >= 11 is 0. The lowest BCUT2D eigenvalue weighted by Crippen LogP contribution is -2.44. The molecule has 1 aromatic carbocycles. The molecule has 25 heavy (non-hydrogen) atoms. The van der Waals surface area contributed by atoms with Crippen LogP contribution in [0.25, 0.3) is 0 Å². The molecular formula is C21H35N3O. The summed E-state index contributed by atoms with van der Waals surface area (Å²) < 4.78 is 5.34. The Labute approximate surface area is 153 Å². The number of benzene rings is 1. The van der Waals surface area contributed by atoms with Crippen molar-refractivity contribution in [3.05, 3.63) is 34.4 Å². The van der Waals surface area contributed by atoms with Crippen molar-refractivity contribution in [3.63, 3.8) is 0 Å². The summed E-state index contributed by atoms with van der Waals surface area (Å²) in [4.78, 5) is 7.63. The fourth-order valence-electron chi connectivity index (χ4n) is 4.20. The summed E-state index contributed by atoms with van der Waals surface area (Å²) in [5.41, 5.74) is 5.90. The molecule has 1 aromatic rings. The van der Waals surface area contributed by atoms with E-state index in [-0.39, 0.29) is 0 Å². The maximum atomic E-state index is 5.34. The molecular weight excluding hydrogens is 310 g/mol. The molecule has 0 saturated carbocycles. The zero-order valence-corrected chi connectivity index (χ0v) is 16.6. The number of likely N-dealkylation sites (tertiary alicyclic amines) is 1. The van der Waals surface area contributed by atoms with Gasteiger partial charge in [-0.2, -0.15) is 0 Å². The standard InChI is InChI=1S/C21H35N3O/c1-17-11-18(2)21(15-24-6-5-19(13-24)16-25-4)12-20(17)14-23-9-7-22(3)8-10-23/h11-12,19H,5-10,13-16H2,1-4H3/t19-/m0/s1. The van der Waals surface area contributed by atoms with Gasteiger partial charge in [0.15, 0.2) is 0 Å². The van der Waals surface area contributed by atoms with Crippen LogP contribution in [0.15, 0.2) is 12.1 Å². The fraction of sp³-hybridized carbons (Fsp3) is 0.714. The summed E-state index contributed by atoms with van der Waals surface area (Å²) in [5.74, 6) is 0.709. The number of nitrogens with zero attached hydrogens (tertiary/aromatic N) is 3. The van der Waals surface area contributed by atoms with Crippen molar-refractivity contribution in [3.8, 4) is 0 Å². The largest absolute Gasteiger partial charge is 0.384 e. The zero-order valence-electron chi connectivity index (χ0n) is 16.6. The van der Waals surface area contributed by atoms with Crippen molar-refractivity contribution in [1.82, 2.24) is 14.7 Å². The van der Waals surface area contributed by atoms with Crippen molar-refractivity contribution in [2.24, 2.45) is 5.92 Å². The highest BCUT2D eigenvalue weighted by Crippen LogP contribution is 2.23. The van der Waals surface area contributed by atoms with Gasteiger partial charge in [0.25, 0.3) is 0 Å². The summed E-state index contributed by atoms with van der Waals surface area (Å²) in [6.45, 7) is 14.7. The SMILES string of the molecule is COC[C@H]1CCN(Cc2cc(CN3CCN(C)CC3)c(C)cc2C)C1. The minimum absolute atomic E-state index is 0.709. The molecule has 2 fully saturated rings. The summed E-state index contributed by atoms with van der Waals surface area (Å²) in [7, 11) is 4.04. The molecule has 2 aliphatic heterocycles. The maximum absolute atomic E-state index is 5.34. The Kier molecular flexibility index (Phi) is 6.50. The number of piperazine rings is 1. The van der Waals surface area contributed by atoms with Crippen LogP contribution >= 0.6 is 0 Å². The summed E-state index contributed by atoms with van der Waals surface area (Å²) in [6.07, 6.45) is 1.27. The van der Waals surface area contributed by atoms with Gasteiger partial charge in [-0.15, -0.1) is 0 Å². The monoisotopic (exact) mass is 345 g/mol. The highest BCUT2D eigenvalue weighted by Gasteiger charge is 2.23. The average molecular weight is 346 g/mol. The lowest BCUT2D eigenvalue weighted by atomic mass is 9.99. The third-order valence-corrected chi connectivity index (χ3v) is 5.95. The van der Waals surface area contributed by atoms with Gasteiger partial charge in [-0.1, -0.05) is 12.1 Å². The molecule has 3 rings (SSSR count). The summed E-state index contributed by atoms with van der Waals surface area (Å²) in [6, 6.07) is 4.87. The van der Waals surface area contributed by atoms with Gasteiger partial charge in [0.05, 0.1) is 6.61 Å². The fourth-order valence-corrected chi connectivity index (χ4v) is 4.20. The number of aryl methyl sites for hydroxylation is 2. The van der Waals surface area contributed by atoms with Crippen LogP contribution < -0.4 is 0 Å². The number of ether oxygens (including phenoxy) is 1. The molecule has 4 nitrogen and oxygen atoms in total. The number of likely N-dealkylation sites (N-methyl/N-ethyl adjacent to an activating group) is 1. The minimum atomic E-state index is 0.709. The van der Waals surface area contributed by atoms with Gasteiger partial charge < -0.3 is 9.64 Å². The Bertz CT molecular complexity index is 567. The molecule has 2 saturated heterocycles. The van der Waals surface area contributed by atoms with Crippen LogP contribution in [0, 0.1) is 19.8 Å². The van der Waals surface area contributed by atoms with Crippen molar-refractivity contribution in [2.45, 2.75) is 33.4 Å². The van der Waals surface area contributed by atoms with Crippen LogP contribution in [0.1, 0.15) is 28.7 Å². The van der Waals surface area contributed by atoms with Crippen molar-refractivity contribution in [1.29, 1.82) is 0 Å². The van der Waals surface area contributed by atoms with E-state index in [0.29, 0.717) is 5.92 Å². The van der Waals surface area contributed by atoms with Gasteiger partial charge in [0.2, 0.25) is 0 Å². The quantitative estimate of drug-likeness (QED) is 0.788. The van der Waals surface area contributed by atoms with Gasteiger partial charge in [0.1, 0.15) is 0 Å². The molecule has 0 spiro atoms. The lowest BCUT2D eigenvalue weighted by Gasteiger charge is -2.33. The Morgan fingerprint density at radius 2 is 1.56 bits per heavy atom.